The molecule has 3 N–H and O–H groups in total. The Balaban J connectivity index is 2.50. The van der Waals surface area contributed by atoms with E-state index in [1.807, 2.05) is 6.92 Å². The molecule has 0 saturated carbocycles. The molecule has 0 aromatic heterocycles. The Labute approximate surface area is 109 Å². The molecule has 6 nitrogen and oxygen atoms in total. The van der Waals surface area contributed by atoms with E-state index in [1.165, 1.54) is 0 Å². The average molecular weight is 298 g/mol. The van der Waals surface area contributed by atoms with E-state index in [1.54, 1.807) is 0 Å². The number of hydrogen-bond donors (Lipinski definition) is 2. The van der Waals surface area contributed by atoms with Crippen molar-refractivity contribution in [3.05, 3.63) is 0 Å². The Hall–Kier alpha value is -0.180. The topological polar surface area (TPSA) is 106 Å². The zero-order valence-corrected chi connectivity index (χ0v) is 12.3. The van der Waals surface area contributed by atoms with Crippen LogP contribution in [-0.4, -0.2) is 46.7 Å². The molecule has 0 aromatic rings. The van der Waals surface area contributed by atoms with Crippen LogP contribution in [0.3, 0.4) is 0 Å². The van der Waals surface area contributed by atoms with Gasteiger partial charge in [-0.05, 0) is 31.7 Å². The molecule has 18 heavy (non-hydrogen) atoms. The first-order valence-corrected chi connectivity index (χ1v) is 9.52. The minimum Gasteiger partial charge on any atom is -0.330 e. The minimum absolute atomic E-state index is 0.0308. The van der Waals surface area contributed by atoms with Crippen LogP contribution in [0.2, 0.25) is 0 Å². The predicted molar refractivity (Wildman–Crippen MR) is 71.4 cm³/mol. The fraction of sp³-hybridized carbons (Fsp3) is 1.00. The molecule has 1 atom stereocenters. The lowest BCUT2D eigenvalue weighted by Gasteiger charge is -2.23. The highest BCUT2D eigenvalue weighted by molar-refractivity contribution is 7.92. The molecule has 108 valence electrons. The van der Waals surface area contributed by atoms with Crippen molar-refractivity contribution in [2.24, 2.45) is 11.7 Å². The van der Waals surface area contributed by atoms with Crippen molar-refractivity contribution in [2.45, 2.75) is 31.4 Å². The van der Waals surface area contributed by atoms with Gasteiger partial charge in [-0.15, -0.1) is 0 Å². The first-order valence-electron chi connectivity index (χ1n) is 6.16. The van der Waals surface area contributed by atoms with E-state index in [0.29, 0.717) is 13.1 Å². The van der Waals surface area contributed by atoms with E-state index in [2.05, 4.69) is 4.72 Å². The SMILES string of the molecule is CC(CCN)CNS(=O)(=O)C1CCS(=O)(=O)CC1. The lowest BCUT2D eigenvalue weighted by Crippen LogP contribution is -2.41. The Kier molecular flexibility index (Phi) is 5.57. The van der Waals surface area contributed by atoms with Gasteiger partial charge in [-0.2, -0.15) is 0 Å². The summed E-state index contributed by atoms with van der Waals surface area (Å²) in [7, 11) is -6.43. The summed E-state index contributed by atoms with van der Waals surface area (Å²) in [6, 6.07) is 0. The van der Waals surface area contributed by atoms with Gasteiger partial charge in [0.2, 0.25) is 10.0 Å². The highest BCUT2D eigenvalue weighted by atomic mass is 32.2. The summed E-state index contributed by atoms with van der Waals surface area (Å²) in [5, 5.41) is -0.578. The van der Waals surface area contributed by atoms with Gasteiger partial charge >= 0.3 is 0 Å². The second-order valence-electron chi connectivity index (χ2n) is 4.93. The molecule has 0 aromatic carbocycles. The summed E-state index contributed by atoms with van der Waals surface area (Å²) in [4.78, 5) is 0. The number of hydrogen-bond acceptors (Lipinski definition) is 5. The van der Waals surface area contributed by atoms with Crippen LogP contribution in [0.1, 0.15) is 26.2 Å². The highest BCUT2D eigenvalue weighted by Gasteiger charge is 2.32. The summed E-state index contributed by atoms with van der Waals surface area (Å²) in [5.74, 6) is 0.130. The van der Waals surface area contributed by atoms with E-state index in [4.69, 9.17) is 5.73 Å². The zero-order chi connectivity index (χ0) is 13.8. The highest BCUT2D eigenvalue weighted by Crippen LogP contribution is 2.18. The van der Waals surface area contributed by atoms with Crippen LogP contribution < -0.4 is 10.5 Å². The molecule has 1 aliphatic rings. The normalized spacial score (nSPS) is 22.8. The quantitative estimate of drug-likeness (QED) is 0.685. The fourth-order valence-electron chi connectivity index (χ4n) is 1.94. The van der Waals surface area contributed by atoms with Crippen molar-refractivity contribution in [1.82, 2.24) is 4.72 Å². The molecule has 1 fully saturated rings. The molecule has 1 unspecified atom stereocenters. The number of rotatable bonds is 6. The van der Waals surface area contributed by atoms with Gasteiger partial charge in [0.1, 0.15) is 9.84 Å². The summed E-state index contributed by atoms with van der Waals surface area (Å²) >= 11 is 0. The monoisotopic (exact) mass is 298 g/mol. The lowest BCUT2D eigenvalue weighted by molar-refractivity contribution is 0.504. The fourth-order valence-corrected chi connectivity index (χ4v) is 5.34. The van der Waals surface area contributed by atoms with Crippen molar-refractivity contribution in [1.29, 1.82) is 0 Å². The second kappa shape index (κ2) is 6.31. The second-order valence-corrected chi connectivity index (χ2v) is 9.28. The molecular weight excluding hydrogens is 276 g/mol. The first kappa shape index (κ1) is 15.9. The van der Waals surface area contributed by atoms with Crippen molar-refractivity contribution < 1.29 is 16.8 Å². The van der Waals surface area contributed by atoms with E-state index in [0.717, 1.165) is 6.42 Å². The van der Waals surface area contributed by atoms with Gasteiger partial charge in [0, 0.05) is 6.54 Å². The largest absolute Gasteiger partial charge is 0.330 e. The summed E-state index contributed by atoms with van der Waals surface area (Å²) in [6.07, 6.45) is 1.16. The Bertz CT molecular complexity index is 444. The van der Waals surface area contributed by atoms with Crippen molar-refractivity contribution >= 4 is 19.9 Å². The third-order valence-corrected chi connectivity index (χ3v) is 6.87. The van der Waals surface area contributed by atoms with Crippen LogP contribution in [0, 0.1) is 5.92 Å². The molecule has 0 spiro atoms. The summed E-state index contributed by atoms with van der Waals surface area (Å²) < 4.78 is 49.0. The van der Waals surface area contributed by atoms with Crippen molar-refractivity contribution in [3.8, 4) is 0 Å². The van der Waals surface area contributed by atoms with E-state index in [9.17, 15) is 16.8 Å². The predicted octanol–water partition coefficient (Wildman–Crippen LogP) is -0.532. The molecule has 0 radical (unpaired) electrons. The molecule has 0 amide bonds. The van der Waals surface area contributed by atoms with Gasteiger partial charge in [0.15, 0.2) is 0 Å². The average Bonchev–Trinajstić information content (AvgIpc) is 2.26. The Morgan fingerprint density at radius 1 is 1.33 bits per heavy atom. The third kappa shape index (κ3) is 4.83. The Morgan fingerprint density at radius 2 is 1.89 bits per heavy atom. The van der Waals surface area contributed by atoms with Crippen molar-refractivity contribution in [2.75, 3.05) is 24.6 Å². The van der Waals surface area contributed by atoms with Gasteiger partial charge in [-0.3, -0.25) is 0 Å². The lowest BCUT2D eigenvalue weighted by atomic mass is 10.1. The van der Waals surface area contributed by atoms with Crippen LogP contribution in [0.15, 0.2) is 0 Å². The molecule has 0 aliphatic carbocycles. The smallest absolute Gasteiger partial charge is 0.214 e. The molecule has 8 heteroatoms. The summed E-state index contributed by atoms with van der Waals surface area (Å²) in [5.41, 5.74) is 5.40. The van der Waals surface area contributed by atoms with Crippen LogP contribution in [-0.2, 0) is 19.9 Å². The molecule has 0 bridgehead atoms. The standard InChI is InChI=1S/C10H22N2O4S2/c1-9(2-5-11)8-12-18(15,16)10-3-6-17(13,14)7-4-10/h9-10,12H,2-8,11H2,1H3. The maximum atomic E-state index is 12.0. The number of nitrogens with one attached hydrogen (secondary N) is 1. The van der Waals surface area contributed by atoms with Crippen LogP contribution in [0.5, 0.6) is 0 Å². The van der Waals surface area contributed by atoms with Gasteiger partial charge in [-0.1, -0.05) is 6.92 Å². The van der Waals surface area contributed by atoms with Crippen LogP contribution >= 0.6 is 0 Å². The van der Waals surface area contributed by atoms with E-state index < -0.39 is 25.1 Å². The zero-order valence-electron chi connectivity index (χ0n) is 10.6. The maximum absolute atomic E-state index is 12.0. The molecular formula is C10H22N2O4S2. The molecule has 1 saturated heterocycles. The Morgan fingerprint density at radius 3 is 2.39 bits per heavy atom. The van der Waals surface area contributed by atoms with Gasteiger partial charge in [0.05, 0.1) is 16.8 Å². The molecule has 1 aliphatic heterocycles. The van der Waals surface area contributed by atoms with Crippen molar-refractivity contribution in [3.63, 3.8) is 0 Å². The van der Waals surface area contributed by atoms with Crippen LogP contribution in [0.25, 0.3) is 0 Å². The minimum atomic E-state index is -3.40. The van der Waals surface area contributed by atoms with Gasteiger partial charge < -0.3 is 5.73 Å². The third-order valence-electron chi connectivity index (χ3n) is 3.23. The van der Waals surface area contributed by atoms with Gasteiger partial charge in [-0.25, -0.2) is 21.6 Å². The number of sulfonamides is 1. The first-order chi connectivity index (χ1) is 8.27. The van der Waals surface area contributed by atoms with E-state index >= 15 is 0 Å². The maximum Gasteiger partial charge on any atom is 0.214 e. The number of nitrogens with two attached hydrogens (primary N) is 1. The number of sulfone groups is 1. The van der Waals surface area contributed by atoms with Gasteiger partial charge in [0.25, 0.3) is 0 Å². The molecule has 1 rings (SSSR count). The van der Waals surface area contributed by atoms with E-state index in [-0.39, 0.29) is 30.3 Å². The molecule has 1 heterocycles. The van der Waals surface area contributed by atoms with Crippen LogP contribution in [0.4, 0.5) is 0 Å². The summed E-state index contributed by atoms with van der Waals surface area (Å²) in [6.45, 7) is 2.83.